The summed E-state index contributed by atoms with van der Waals surface area (Å²) in [6.45, 7) is 0.430. The number of amides is 1. The van der Waals surface area contributed by atoms with E-state index in [0.717, 1.165) is 21.3 Å². The Balaban J connectivity index is 1.52. The van der Waals surface area contributed by atoms with E-state index in [9.17, 15) is 4.79 Å². The van der Waals surface area contributed by atoms with Crippen molar-refractivity contribution in [2.24, 2.45) is 0 Å². The Kier molecular flexibility index (Phi) is 6.40. The molecule has 0 bridgehead atoms. The third-order valence-electron chi connectivity index (χ3n) is 4.52. The summed E-state index contributed by atoms with van der Waals surface area (Å²) < 4.78 is 6.90. The highest BCUT2D eigenvalue weighted by atomic mass is 79.9. The molecule has 3 aromatic rings. The molecular weight excluding hydrogens is 493 g/mol. The normalized spacial score (nSPS) is 16.3. The third kappa shape index (κ3) is 4.75. The standard InChI is InChI=1S/C22H16BrCl2NO2S/c23-16-4-1-14(2-5-16)12-28-20-10-3-15(11-19(20)25)22-26(21(27)13-29-22)18-8-6-17(24)7-9-18/h1-11,22H,12-13H2/t22-/m0/s1. The summed E-state index contributed by atoms with van der Waals surface area (Å²) in [5, 5.41) is 1.03. The summed E-state index contributed by atoms with van der Waals surface area (Å²) in [7, 11) is 0. The van der Waals surface area contributed by atoms with Crippen molar-refractivity contribution in [3.8, 4) is 5.75 Å². The molecule has 0 aliphatic carbocycles. The van der Waals surface area contributed by atoms with Crippen LogP contribution in [0.25, 0.3) is 0 Å². The summed E-state index contributed by atoms with van der Waals surface area (Å²) in [6, 6.07) is 20.9. The van der Waals surface area contributed by atoms with E-state index in [2.05, 4.69) is 15.9 Å². The summed E-state index contributed by atoms with van der Waals surface area (Å²) >= 11 is 17.5. The Morgan fingerprint density at radius 1 is 1.03 bits per heavy atom. The zero-order valence-electron chi connectivity index (χ0n) is 15.1. The molecule has 1 fully saturated rings. The van der Waals surface area contributed by atoms with Gasteiger partial charge < -0.3 is 4.74 Å². The van der Waals surface area contributed by atoms with Gasteiger partial charge in [0.1, 0.15) is 17.7 Å². The molecule has 1 aliphatic rings. The van der Waals surface area contributed by atoms with Crippen molar-refractivity contribution < 1.29 is 9.53 Å². The van der Waals surface area contributed by atoms with Crippen LogP contribution in [0.2, 0.25) is 10.0 Å². The fourth-order valence-corrected chi connectivity index (χ4v) is 4.88. The summed E-state index contributed by atoms with van der Waals surface area (Å²) in [4.78, 5) is 14.3. The minimum absolute atomic E-state index is 0.0639. The molecule has 0 saturated carbocycles. The first kappa shape index (κ1) is 20.6. The molecule has 1 aliphatic heterocycles. The first-order valence-corrected chi connectivity index (χ1v) is 11.5. The van der Waals surface area contributed by atoms with E-state index < -0.39 is 0 Å². The Labute approximate surface area is 192 Å². The maximum atomic E-state index is 12.5. The molecule has 148 valence electrons. The number of thioether (sulfide) groups is 1. The molecule has 7 heteroatoms. The van der Waals surface area contributed by atoms with E-state index in [4.69, 9.17) is 27.9 Å². The predicted molar refractivity (Wildman–Crippen MR) is 124 cm³/mol. The van der Waals surface area contributed by atoms with Gasteiger partial charge in [-0.1, -0.05) is 57.3 Å². The lowest BCUT2D eigenvalue weighted by molar-refractivity contribution is -0.115. The topological polar surface area (TPSA) is 29.5 Å². The molecule has 1 saturated heterocycles. The van der Waals surface area contributed by atoms with Crippen LogP contribution in [0, 0.1) is 0 Å². The Morgan fingerprint density at radius 3 is 2.45 bits per heavy atom. The molecule has 3 aromatic carbocycles. The minimum Gasteiger partial charge on any atom is -0.487 e. The van der Waals surface area contributed by atoms with Gasteiger partial charge in [-0.05, 0) is 59.7 Å². The van der Waals surface area contributed by atoms with Crippen molar-refractivity contribution in [1.82, 2.24) is 0 Å². The largest absolute Gasteiger partial charge is 0.487 e. The van der Waals surface area contributed by atoms with E-state index >= 15 is 0 Å². The highest BCUT2D eigenvalue weighted by Gasteiger charge is 2.34. The summed E-state index contributed by atoms with van der Waals surface area (Å²) in [6.07, 6.45) is 0. The third-order valence-corrected chi connectivity index (χ3v) is 6.81. The number of rotatable bonds is 5. The van der Waals surface area contributed by atoms with Crippen LogP contribution < -0.4 is 9.64 Å². The van der Waals surface area contributed by atoms with E-state index in [1.54, 1.807) is 28.8 Å². The Bertz CT molecular complexity index is 1030. The lowest BCUT2D eigenvalue weighted by atomic mass is 10.1. The number of halogens is 3. The second kappa shape index (κ2) is 9.00. The molecule has 1 amide bonds. The lowest BCUT2D eigenvalue weighted by Gasteiger charge is -2.25. The maximum absolute atomic E-state index is 12.5. The van der Waals surface area contributed by atoms with Crippen LogP contribution in [0.15, 0.2) is 71.2 Å². The Hall–Kier alpha value is -1.66. The summed E-state index contributed by atoms with van der Waals surface area (Å²) in [5.74, 6) is 1.10. The molecule has 29 heavy (non-hydrogen) atoms. The van der Waals surface area contributed by atoms with Crippen molar-refractivity contribution >= 4 is 62.5 Å². The van der Waals surface area contributed by atoms with Gasteiger partial charge in [-0.2, -0.15) is 0 Å². The van der Waals surface area contributed by atoms with Crippen molar-refractivity contribution in [2.75, 3.05) is 10.7 Å². The van der Waals surface area contributed by atoms with E-state index in [1.807, 2.05) is 54.6 Å². The number of benzene rings is 3. The van der Waals surface area contributed by atoms with Crippen LogP contribution in [0.5, 0.6) is 5.75 Å². The maximum Gasteiger partial charge on any atom is 0.238 e. The van der Waals surface area contributed by atoms with Gasteiger partial charge in [0.2, 0.25) is 5.91 Å². The second-order valence-corrected chi connectivity index (χ2v) is 9.34. The quantitative estimate of drug-likeness (QED) is 0.367. The molecular formula is C22H16BrCl2NO2S. The monoisotopic (exact) mass is 507 g/mol. The highest BCUT2D eigenvalue weighted by Crippen LogP contribution is 2.43. The van der Waals surface area contributed by atoms with Crippen LogP contribution in [0.4, 0.5) is 5.69 Å². The molecule has 0 spiro atoms. The zero-order valence-corrected chi connectivity index (χ0v) is 19.1. The SMILES string of the molecule is O=C1CS[C@@H](c2ccc(OCc3ccc(Br)cc3)c(Cl)c2)N1c1ccc(Cl)cc1. The van der Waals surface area contributed by atoms with Crippen LogP contribution >= 0.6 is 50.9 Å². The molecule has 0 aromatic heterocycles. The average Bonchev–Trinajstić information content (AvgIpc) is 3.10. The van der Waals surface area contributed by atoms with Crippen molar-refractivity contribution in [3.05, 3.63) is 92.4 Å². The van der Waals surface area contributed by atoms with Crippen LogP contribution in [-0.4, -0.2) is 11.7 Å². The van der Waals surface area contributed by atoms with Gasteiger partial charge in [-0.25, -0.2) is 0 Å². The van der Waals surface area contributed by atoms with Gasteiger partial charge in [0.05, 0.1) is 10.8 Å². The van der Waals surface area contributed by atoms with Crippen molar-refractivity contribution in [3.63, 3.8) is 0 Å². The lowest BCUT2D eigenvalue weighted by Crippen LogP contribution is -2.27. The zero-order chi connectivity index (χ0) is 20.4. The fourth-order valence-electron chi connectivity index (χ4n) is 3.08. The average molecular weight is 509 g/mol. The van der Waals surface area contributed by atoms with Crippen LogP contribution in [0.3, 0.4) is 0 Å². The molecule has 0 N–H and O–H groups in total. The van der Waals surface area contributed by atoms with Crippen LogP contribution in [0.1, 0.15) is 16.5 Å². The highest BCUT2D eigenvalue weighted by molar-refractivity contribution is 9.10. The molecule has 1 atom stereocenters. The fraction of sp³-hybridized carbons (Fsp3) is 0.136. The van der Waals surface area contributed by atoms with E-state index in [0.29, 0.717) is 28.2 Å². The van der Waals surface area contributed by atoms with Gasteiger partial charge in [0.25, 0.3) is 0 Å². The van der Waals surface area contributed by atoms with Crippen molar-refractivity contribution in [1.29, 1.82) is 0 Å². The minimum atomic E-state index is -0.137. The number of carbonyl (C=O) groups is 1. The van der Waals surface area contributed by atoms with Gasteiger partial charge in [-0.15, -0.1) is 11.8 Å². The number of carbonyl (C=O) groups excluding carboxylic acids is 1. The number of anilines is 1. The molecule has 0 unspecified atom stereocenters. The first-order chi connectivity index (χ1) is 14.0. The van der Waals surface area contributed by atoms with Gasteiger partial charge >= 0.3 is 0 Å². The van der Waals surface area contributed by atoms with Gasteiger partial charge in [-0.3, -0.25) is 9.69 Å². The van der Waals surface area contributed by atoms with E-state index in [1.165, 1.54) is 0 Å². The molecule has 4 rings (SSSR count). The van der Waals surface area contributed by atoms with Gasteiger partial charge in [0.15, 0.2) is 0 Å². The van der Waals surface area contributed by atoms with Crippen molar-refractivity contribution in [2.45, 2.75) is 12.0 Å². The second-order valence-electron chi connectivity index (χ2n) is 6.51. The number of hydrogen-bond donors (Lipinski definition) is 0. The number of hydrogen-bond acceptors (Lipinski definition) is 3. The Morgan fingerprint density at radius 2 is 1.76 bits per heavy atom. The smallest absolute Gasteiger partial charge is 0.238 e. The number of nitrogens with zero attached hydrogens (tertiary/aromatic N) is 1. The van der Waals surface area contributed by atoms with Gasteiger partial charge in [0, 0.05) is 15.2 Å². The first-order valence-electron chi connectivity index (χ1n) is 8.87. The van der Waals surface area contributed by atoms with E-state index in [-0.39, 0.29) is 11.3 Å². The molecule has 1 heterocycles. The summed E-state index contributed by atoms with van der Waals surface area (Å²) in [5.41, 5.74) is 2.83. The predicted octanol–water partition coefficient (Wildman–Crippen LogP) is 7.11. The molecule has 3 nitrogen and oxygen atoms in total. The number of ether oxygens (including phenoxy) is 1. The van der Waals surface area contributed by atoms with Crippen LogP contribution in [-0.2, 0) is 11.4 Å². The molecule has 0 radical (unpaired) electrons.